The minimum absolute atomic E-state index is 0.0658. The molecule has 19 heteroatoms. The van der Waals surface area contributed by atoms with Crippen molar-refractivity contribution in [3.63, 3.8) is 0 Å². The Labute approximate surface area is 404 Å². The number of ether oxygens (including phenoxy) is 2. The maximum Gasteiger partial charge on any atom is 0.291 e. The van der Waals surface area contributed by atoms with Gasteiger partial charge in [0.15, 0.2) is 0 Å². The molecule has 4 heterocycles. The molecule has 4 fully saturated rings. The normalized spacial score (nSPS) is 16.9. The van der Waals surface area contributed by atoms with Gasteiger partial charge < -0.3 is 38.9 Å². The van der Waals surface area contributed by atoms with Gasteiger partial charge in [-0.05, 0) is 70.8 Å². The molecular formula is C50H54N8O10S. The first-order chi connectivity index (χ1) is 33.4. The zero-order valence-electron chi connectivity index (χ0n) is 38.6. The zero-order chi connectivity index (χ0) is 48.6. The highest BCUT2D eigenvalue weighted by Gasteiger charge is 2.31. The third-order valence-electron chi connectivity index (χ3n) is 12.8. The molecule has 0 spiro atoms. The van der Waals surface area contributed by atoms with Crippen LogP contribution in [0.1, 0.15) is 25.0 Å². The molecule has 4 amide bonds. The van der Waals surface area contributed by atoms with Crippen LogP contribution in [0.5, 0.6) is 0 Å². The van der Waals surface area contributed by atoms with Crippen LogP contribution in [-0.2, 0) is 28.7 Å². The van der Waals surface area contributed by atoms with Crippen molar-refractivity contribution in [3.05, 3.63) is 116 Å². The van der Waals surface area contributed by atoms with Crippen LogP contribution in [-0.4, -0.2) is 158 Å². The lowest BCUT2D eigenvalue weighted by Crippen LogP contribution is -2.49. The second kappa shape index (κ2) is 21.9. The van der Waals surface area contributed by atoms with E-state index in [-0.39, 0.29) is 55.9 Å². The molecule has 4 aliphatic heterocycles. The number of morpholine rings is 2. The van der Waals surface area contributed by atoms with Gasteiger partial charge in [0.2, 0.25) is 23.6 Å². The summed E-state index contributed by atoms with van der Waals surface area (Å²) in [6, 6.07) is 21.2. The zero-order valence-corrected chi connectivity index (χ0v) is 39.4. The van der Waals surface area contributed by atoms with Gasteiger partial charge in [0.05, 0.1) is 57.2 Å². The Morgan fingerprint density at radius 1 is 0.522 bits per heavy atom. The molecule has 0 unspecified atom stereocenters. The third kappa shape index (κ3) is 11.3. The summed E-state index contributed by atoms with van der Waals surface area (Å²) in [5.41, 5.74) is 3.34. The standard InChI is InChI=1S/C50H54N8O10S/c1-35(59)51-17-21-55(22-18-51)45(61)15-11-37-9-13-43(49(57(63)64)47(37)39-5-3-7-41(33-39)53-25-29-67-30-26-53)69-44-14-10-38(12-16-46(62)56-23-19-52(20-24-56)36(2)60)48(50(44)58(65)66)40-6-4-8-42(34-40)54-27-31-68-32-28-54/h3-16,33-34H,17-32H2,1-2H3. The van der Waals surface area contributed by atoms with Gasteiger partial charge in [-0.3, -0.25) is 39.4 Å². The second-order valence-corrected chi connectivity index (χ2v) is 18.1. The predicted molar refractivity (Wildman–Crippen MR) is 263 cm³/mol. The predicted octanol–water partition coefficient (Wildman–Crippen LogP) is 6.07. The van der Waals surface area contributed by atoms with E-state index in [0.29, 0.717) is 127 Å². The minimum Gasteiger partial charge on any atom is -0.378 e. The molecule has 18 nitrogen and oxygen atoms in total. The van der Waals surface area contributed by atoms with Crippen LogP contribution in [0.2, 0.25) is 0 Å². The molecule has 0 aliphatic carbocycles. The molecular weight excluding hydrogens is 905 g/mol. The van der Waals surface area contributed by atoms with E-state index in [4.69, 9.17) is 9.47 Å². The highest BCUT2D eigenvalue weighted by atomic mass is 32.2. The fourth-order valence-corrected chi connectivity index (χ4v) is 10.1. The Balaban J connectivity index is 1.22. The number of rotatable bonds is 12. The van der Waals surface area contributed by atoms with Crippen molar-refractivity contribution < 1.29 is 38.5 Å². The number of nitro benzene ring substituents is 2. The highest BCUT2D eigenvalue weighted by Crippen LogP contribution is 2.49. The summed E-state index contributed by atoms with van der Waals surface area (Å²) in [6.07, 6.45) is 5.89. The first kappa shape index (κ1) is 48.4. The van der Waals surface area contributed by atoms with Crippen molar-refractivity contribution >= 4 is 70.3 Å². The van der Waals surface area contributed by atoms with Crippen molar-refractivity contribution in [2.45, 2.75) is 23.6 Å². The van der Waals surface area contributed by atoms with Crippen molar-refractivity contribution in [3.8, 4) is 22.3 Å². The van der Waals surface area contributed by atoms with Crippen LogP contribution < -0.4 is 9.80 Å². The van der Waals surface area contributed by atoms with Crippen LogP contribution in [0.4, 0.5) is 22.7 Å². The molecule has 0 bridgehead atoms. The summed E-state index contributed by atoms with van der Waals surface area (Å²) >= 11 is 0.896. The summed E-state index contributed by atoms with van der Waals surface area (Å²) < 4.78 is 11.2. The van der Waals surface area contributed by atoms with Gasteiger partial charge in [0, 0.05) is 116 Å². The van der Waals surface area contributed by atoms with Crippen LogP contribution in [0.25, 0.3) is 34.4 Å². The van der Waals surface area contributed by atoms with Crippen molar-refractivity contribution in [2.75, 3.05) is 115 Å². The Kier molecular flexibility index (Phi) is 15.4. The number of amides is 4. The molecule has 0 N–H and O–H groups in total. The number of piperazine rings is 2. The summed E-state index contributed by atoms with van der Waals surface area (Å²) in [5.74, 6) is -0.744. The van der Waals surface area contributed by atoms with E-state index in [1.54, 1.807) is 68.1 Å². The van der Waals surface area contributed by atoms with Crippen LogP contribution in [0.15, 0.2) is 94.7 Å². The lowest BCUT2D eigenvalue weighted by Gasteiger charge is -2.33. The van der Waals surface area contributed by atoms with E-state index < -0.39 is 9.85 Å². The molecule has 360 valence electrons. The molecule has 4 aromatic carbocycles. The Bertz CT molecular complexity index is 2500. The molecule has 0 aromatic heterocycles. The second-order valence-electron chi connectivity index (χ2n) is 17.0. The number of hydrogen-bond donors (Lipinski definition) is 0. The summed E-state index contributed by atoms with van der Waals surface area (Å²) in [4.78, 5) is 88.1. The lowest BCUT2D eigenvalue weighted by atomic mass is 9.96. The molecule has 0 atom stereocenters. The number of carbonyl (C=O) groups is 4. The highest BCUT2D eigenvalue weighted by molar-refractivity contribution is 7.99. The number of hydrogen-bond acceptors (Lipinski definition) is 13. The van der Waals surface area contributed by atoms with Crippen LogP contribution in [0, 0.1) is 20.2 Å². The van der Waals surface area contributed by atoms with E-state index in [0.717, 1.165) is 23.1 Å². The Morgan fingerprint density at radius 2 is 0.884 bits per heavy atom. The molecule has 4 saturated heterocycles. The Morgan fingerprint density at radius 3 is 1.23 bits per heavy atom. The van der Waals surface area contributed by atoms with E-state index >= 15 is 0 Å². The third-order valence-corrected chi connectivity index (χ3v) is 13.9. The molecule has 4 aliphatic rings. The van der Waals surface area contributed by atoms with E-state index in [2.05, 4.69) is 9.80 Å². The minimum atomic E-state index is -0.489. The molecule has 0 saturated carbocycles. The molecule has 69 heavy (non-hydrogen) atoms. The van der Waals surface area contributed by atoms with Crippen molar-refractivity contribution in [1.82, 2.24) is 19.6 Å². The smallest absolute Gasteiger partial charge is 0.291 e. The van der Waals surface area contributed by atoms with Gasteiger partial charge in [-0.15, -0.1) is 0 Å². The number of carbonyl (C=O) groups excluding carboxylic acids is 4. The SMILES string of the molecule is CC(=O)N1CCN(C(=O)C=Cc2ccc(Sc3ccc(C=CC(=O)N4CCN(C(C)=O)CC4)c(-c4cccc(N5CCOCC5)c4)c3[N+](=O)[O-])c([N+](=O)[O-])c2-c2cccc(N3CCOCC3)c2)CC1. The van der Waals surface area contributed by atoms with E-state index in [1.165, 1.54) is 26.0 Å². The largest absolute Gasteiger partial charge is 0.378 e. The number of anilines is 2. The van der Waals surface area contributed by atoms with Crippen molar-refractivity contribution in [2.24, 2.45) is 0 Å². The van der Waals surface area contributed by atoms with Gasteiger partial charge in [-0.2, -0.15) is 0 Å². The topological polar surface area (TPSA) is 192 Å². The van der Waals surface area contributed by atoms with Crippen LogP contribution in [0.3, 0.4) is 0 Å². The first-order valence-electron chi connectivity index (χ1n) is 23.0. The van der Waals surface area contributed by atoms with Gasteiger partial charge in [-0.1, -0.05) is 48.2 Å². The van der Waals surface area contributed by atoms with Crippen LogP contribution >= 0.6 is 11.8 Å². The van der Waals surface area contributed by atoms with Gasteiger partial charge in [-0.25, -0.2) is 0 Å². The molecule has 0 radical (unpaired) electrons. The number of nitrogens with zero attached hydrogens (tertiary/aromatic N) is 8. The number of benzene rings is 4. The average Bonchev–Trinajstić information content (AvgIpc) is 3.37. The molecule has 4 aromatic rings. The maximum atomic E-state index is 13.5. The van der Waals surface area contributed by atoms with E-state index in [9.17, 15) is 39.4 Å². The maximum absolute atomic E-state index is 13.5. The average molecular weight is 959 g/mol. The monoisotopic (exact) mass is 958 g/mol. The summed E-state index contributed by atoms with van der Waals surface area (Å²) in [6.45, 7) is 10.5. The quantitative estimate of drug-likeness (QED) is 0.0904. The van der Waals surface area contributed by atoms with Gasteiger partial charge >= 0.3 is 0 Å². The van der Waals surface area contributed by atoms with Crippen molar-refractivity contribution in [1.29, 1.82) is 0 Å². The summed E-state index contributed by atoms with van der Waals surface area (Å²) in [5, 5.41) is 27.0. The first-order valence-corrected chi connectivity index (χ1v) is 23.8. The fourth-order valence-electron chi connectivity index (χ4n) is 9.08. The van der Waals surface area contributed by atoms with E-state index in [1.807, 2.05) is 36.4 Å². The van der Waals surface area contributed by atoms with Gasteiger partial charge in [0.25, 0.3) is 11.4 Å². The summed E-state index contributed by atoms with van der Waals surface area (Å²) in [7, 11) is 0. The molecule has 8 rings (SSSR count). The lowest BCUT2D eigenvalue weighted by molar-refractivity contribution is -0.387. The Hall–Kier alpha value is -7.09. The number of nitro groups is 2. The van der Waals surface area contributed by atoms with Gasteiger partial charge in [0.1, 0.15) is 0 Å². The fraction of sp³-hybridized carbons (Fsp3) is 0.360.